The fourth-order valence-electron chi connectivity index (χ4n) is 5.42. The average molecular weight is 567 g/mol. The highest BCUT2D eigenvalue weighted by Crippen LogP contribution is 2.42. The number of hydrogen-bond acceptors (Lipinski definition) is 6. The van der Waals surface area contributed by atoms with E-state index >= 15 is 0 Å². The van der Waals surface area contributed by atoms with Crippen molar-refractivity contribution < 1.29 is 28.5 Å². The summed E-state index contributed by atoms with van der Waals surface area (Å²) in [7, 11) is 1.47. The maximum absolute atomic E-state index is 14.0. The number of benzene rings is 4. The number of carbonyl (C=O) groups is 2. The molecular weight excluding hydrogens is 528 g/mol. The van der Waals surface area contributed by atoms with Crippen LogP contribution in [0.4, 0.5) is 0 Å². The van der Waals surface area contributed by atoms with Crippen LogP contribution in [-0.4, -0.2) is 25.8 Å². The molecule has 0 unspecified atom stereocenters. The smallest absolute Gasteiger partial charge is 0.344 e. The van der Waals surface area contributed by atoms with E-state index in [-0.39, 0.29) is 6.79 Å². The first kappa shape index (κ1) is 30.5. The van der Waals surface area contributed by atoms with Crippen molar-refractivity contribution in [1.82, 2.24) is 0 Å². The van der Waals surface area contributed by atoms with Gasteiger partial charge in [-0.1, -0.05) is 67.6 Å². The van der Waals surface area contributed by atoms with Crippen molar-refractivity contribution in [2.24, 2.45) is 0 Å². The number of aryl methyl sites for hydroxylation is 1. The molecule has 0 fully saturated rings. The minimum absolute atomic E-state index is 0.153. The standard InChI is InChI=1S/C36H38O6/c1-8-29-25(5)32(35(37)41-21-39-7)26(6)33(28-17-13-10-14-18-28)34(29)42-36(38)31-22(2)19-30(23(3)24(31)4)40-20-27-15-11-9-12-16-27/h9-19H,8,20-21H2,1-7H3. The molecule has 0 amide bonds. The van der Waals surface area contributed by atoms with Gasteiger partial charge in [0.2, 0.25) is 0 Å². The predicted molar refractivity (Wildman–Crippen MR) is 164 cm³/mol. The van der Waals surface area contributed by atoms with Crippen LogP contribution in [0.15, 0.2) is 66.7 Å². The maximum atomic E-state index is 14.0. The molecule has 4 aromatic carbocycles. The van der Waals surface area contributed by atoms with Gasteiger partial charge in [0.1, 0.15) is 18.1 Å². The Bertz CT molecular complexity index is 1590. The minimum Gasteiger partial charge on any atom is -0.489 e. The lowest BCUT2D eigenvalue weighted by atomic mass is 9.87. The fourth-order valence-corrected chi connectivity index (χ4v) is 5.42. The van der Waals surface area contributed by atoms with Crippen LogP contribution in [0.2, 0.25) is 0 Å². The second-order valence-corrected chi connectivity index (χ2v) is 10.3. The third kappa shape index (κ3) is 6.24. The Morgan fingerprint density at radius 3 is 2.00 bits per heavy atom. The summed E-state index contributed by atoms with van der Waals surface area (Å²) in [6.07, 6.45) is 0.544. The third-order valence-corrected chi connectivity index (χ3v) is 7.69. The number of carbonyl (C=O) groups excluding carboxylic acids is 2. The molecule has 0 radical (unpaired) electrons. The minimum atomic E-state index is -0.481. The van der Waals surface area contributed by atoms with E-state index in [2.05, 4.69) is 0 Å². The summed E-state index contributed by atoms with van der Waals surface area (Å²) in [6, 6.07) is 21.5. The molecule has 6 nitrogen and oxygen atoms in total. The van der Waals surface area contributed by atoms with Gasteiger partial charge >= 0.3 is 11.9 Å². The lowest BCUT2D eigenvalue weighted by molar-refractivity contribution is -0.0126. The molecule has 0 aliphatic heterocycles. The largest absolute Gasteiger partial charge is 0.489 e. The summed E-state index contributed by atoms with van der Waals surface area (Å²) in [5, 5.41) is 0. The van der Waals surface area contributed by atoms with Gasteiger partial charge in [-0.25, -0.2) is 9.59 Å². The van der Waals surface area contributed by atoms with Gasteiger partial charge in [-0.3, -0.25) is 0 Å². The second kappa shape index (κ2) is 13.5. The molecule has 0 atom stereocenters. The highest BCUT2D eigenvalue weighted by molar-refractivity contribution is 6.00. The van der Waals surface area contributed by atoms with Crippen LogP contribution >= 0.6 is 0 Å². The molecule has 6 heteroatoms. The first-order valence-electron chi connectivity index (χ1n) is 14.1. The van der Waals surface area contributed by atoms with Crippen molar-refractivity contribution in [3.8, 4) is 22.6 Å². The van der Waals surface area contributed by atoms with Gasteiger partial charge in [0, 0.05) is 12.7 Å². The number of esters is 2. The SMILES string of the molecule is CCc1c(C)c(C(=O)OCOC)c(C)c(-c2ccccc2)c1OC(=O)c1c(C)cc(OCc2ccccc2)c(C)c1C. The Kier molecular flexibility index (Phi) is 9.81. The number of methoxy groups -OCH3 is 1. The van der Waals surface area contributed by atoms with Crippen molar-refractivity contribution in [1.29, 1.82) is 0 Å². The van der Waals surface area contributed by atoms with E-state index in [1.54, 1.807) is 0 Å². The molecule has 0 spiro atoms. The summed E-state index contributed by atoms with van der Waals surface area (Å²) in [5.74, 6) is 0.246. The van der Waals surface area contributed by atoms with E-state index in [1.807, 2.05) is 108 Å². The van der Waals surface area contributed by atoms with Crippen LogP contribution in [0.25, 0.3) is 11.1 Å². The van der Waals surface area contributed by atoms with Crippen LogP contribution in [0, 0.1) is 34.6 Å². The average Bonchev–Trinajstić information content (AvgIpc) is 2.98. The maximum Gasteiger partial charge on any atom is 0.344 e. The Morgan fingerprint density at radius 2 is 1.38 bits per heavy atom. The van der Waals surface area contributed by atoms with E-state index in [9.17, 15) is 9.59 Å². The van der Waals surface area contributed by atoms with Crippen LogP contribution in [0.1, 0.15) is 66.6 Å². The molecule has 42 heavy (non-hydrogen) atoms. The molecule has 4 rings (SSSR count). The van der Waals surface area contributed by atoms with E-state index < -0.39 is 11.9 Å². The third-order valence-electron chi connectivity index (χ3n) is 7.69. The molecule has 0 saturated carbocycles. The molecule has 0 heterocycles. The van der Waals surface area contributed by atoms with Gasteiger partial charge in [0.25, 0.3) is 0 Å². The van der Waals surface area contributed by atoms with Crippen molar-refractivity contribution in [2.45, 2.75) is 54.6 Å². The quantitative estimate of drug-likeness (QED) is 0.110. The molecule has 0 aromatic heterocycles. The van der Waals surface area contributed by atoms with Crippen molar-refractivity contribution in [2.75, 3.05) is 13.9 Å². The Labute approximate surface area is 248 Å². The molecular formula is C36H38O6. The number of ether oxygens (including phenoxy) is 4. The van der Waals surface area contributed by atoms with E-state index in [4.69, 9.17) is 18.9 Å². The van der Waals surface area contributed by atoms with Crippen LogP contribution in [-0.2, 0) is 22.5 Å². The summed E-state index contributed by atoms with van der Waals surface area (Å²) < 4.78 is 22.8. The zero-order valence-electron chi connectivity index (χ0n) is 25.4. The van der Waals surface area contributed by atoms with E-state index in [0.717, 1.165) is 39.1 Å². The second-order valence-electron chi connectivity index (χ2n) is 10.3. The molecule has 0 aliphatic rings. The monoisotopic (exact) mass is 566 g/mol. The van der Waals surface area contributed by atoms with Crippen molar-refractivity contribution in [3.63, 3.8) is 0 Å². The van der Waals surface area contributed by atoms with Gasteiger partial charge in [0.05, 0.1) is 11.1 Å². The summed E-state index contributed by atoms with van der Waals surface area (Å²) in [6.45, 7) is 11.7. The van der Waals surface area contributed by atoms with Crippen LogP contribution < -0.4 is 9.47 Å². The van der Waals surface area contributed by atoms with Gasteiger partial charge in [-0.2, -0.15) is 0 Å². The topological polar surface area (TPSA) is 71.1 Å². The highest BCUT2D eigenvalue weighted by Gasteiger charge is 2.28. The molecule has 0 aliphatic carbocycles. The number of rotatable bonds is 10. The van der Waals surface area contributed by atoms with Crippen molar-refractivity contribution >= 4 is 11.9 Å². The normalized spacial score (nSPS) is 10.8. The van der Waals surface area contributed by atoms with Crippen LogP contribution in [0.5, 0.6) is 11.5 Å². The molecule has 4 aromatic rings. The van der Waals surface area contributed by atoms with E-state index in [1.165, 1.54) is 7.11 Å². The molecule has 218 valence electrons. The first-order chi connectivity index (χ1) is 20.2. The van der Waals surface area contributed by atoms with Crippen LogP contribution in [0.3, 0.4) is 0 Å². The Hall–Kier alpha value is -4.42. The van der Waals surface area contributed by atoms with Gasteiger partial charge < -0.3 is 18.9 Å². The summed E-state index contributed by atoms with van der Waals surface area (Å²) in [5.41, 5.74) is 8.14. The lowest BCUT2D eigenvalue weighted by Crippen LogP contribution is -2.18. The van der Waals surface area contributed by atoms with Gasteiger partial charge in [-0.15, -0.1) is 0 Å². The van der Waals surface area contributed by atoms with Crippen molar-refractivity contribution in [3.05, 3.63) is 117 Å². The van der Waals surface area contributed by atoms with Gasteiger partial charge in [-0.05, 0) is 91.6 Å². The zero-order valence-corrected chi connectivity index (χ0v) is 25.4. The van der Waals surface area contributed by atoms with Gasteiger partial charge in [0.15, 0.2) is 6.79 Å². The lowest BCUT2D eigenvalue weighted by Gasteiger charge is -2.23. The Balaban J connectivity index is 1.79. The summed E-state index contributed by atoms with van der Waals surface area (Å²) in [4.78, 5) is 27.1. The molecule has 0 bridgehead atoms. The molecule has 0 saturated heterocycles. The first-order valence-corrected chi connectivity index (χ1v) is 14.1. The predicted octanol–water partition coefficient (Wildman–Crippen LogP) is 8.02. The van der Waals surface area contributed by atoms with E-state index in [0.29, 0.717) is 46.6 Å². The number of hydrogen-bond donors (Lipinski definition) is 0. The Morgan fingerprint density at radius 1 is 0.738 bits per heavy atom. The summed E-state index contributed by atoms with van der Waals surface area (Å²) >= 11 is 0. The molecule has 0 N–H and O–H groups in total. The highest BCUT2D eigenvalue weighted by atomic mass is 16.7. The fraction of sp³-hybridized carbons (Fsp3) is 0.278. The zero-order chi connectivity index (χ0) is 30.4.